The van der Waals surface area contributed by atoms with Crippen molar-refractivity contribution < 1.29 is 0 Å². The van der Waals surface area contributed by atoms with Crippen molar-refractivity contribution in [2.75, 3.05) is 0 Å². The highest BCUT2D eigenvalue weighted by Crippen LogP contribution is 2.52. The molecular weight excluding hydrogens is 635 g/mol. The molecule has 246 valence electrons. The molecule has 0 atom stereocenters. The van der Waals surface area contributed by atoms with Crippen molar-refractivity contribution >= 4 is 43.7 Å². The molecule has 0 bridgehead atoms. The fraction of sp³-hybridized carbons (Fsp3) is 0.0638. The molecule has 6 aromatic carbocycles. The number of para-hydroxylation sites is 3. The highest BCUT2D eigenvalue weighted by atomic mass is 15.2. The number of aromatic nitrogens is 5. The first kappa shape index (κ1) is 29.1. The first-order chi connectivity index (χ1) is 25.6. The van der Waals surface area contributed by atoms with Gasteiger partial charge < -0.3 is 9.13 Å². The summed E-state index contributed by atoms with van der Waals surface area (Å²) in [7, 11) is 0. The summed E-state index contributed by atoms with van der Waals surface area (Å²) in [5, 5.41) is 4.52. The Hall–Kier alpha value is -6.72. The Morgan fingerprint density at radius 2 is 1.12 bits per heavy atom. The van der Waals surface area contributed by atoms with E-state index in [1.807, 2.05) is 0 Å². The Kier molecular flexibility index (Phi) is 5.95. The molecule has 4 heterocycles. The molecule has 0 unspecified atom stereocenters. The van der Waals surface area contributed by atoms with Gasteiger partial charge in [-0.2, -0.15) is 4.98 Å². The topological polar surface area (TPSA) is 40.6 Å². The molecular formula is C47H33N5. The molecule has 52 heavy (non-hydrogen) atoms. The van der Waals surface area contributed by atoms with Crippen LogP contribution in [0.25, 0.3) is 83.4 Å². The molecule has 1 aliphatic rings. The molecule has 11 rings (SSSR count). The van der Waals surface area contributed by atoms with Gasteiger partial charge in [-0.3, -0.25) is 4.57 Å². The fourth-order valence-corrected chi connectivity index (χ4v) is 8.85. The highest BCUT2D eigenvalue weighted by Gasteiger charge is 2.38. The standard InChI is InChI=1S/C47H33N5/c1-47(2)39-22-11-9-18-32(39)34-20-13-21-37(42(34)47)43-38-27-29-51(31-16-7-4-8-17-31)45(38)49-46(48-43)52-41-23-12-10-19-33(41)35-24-25-40-36(44(35)52)26-28-50(40)30-14-5-3-6-15-30/h3-29H,1-2H3. The van der Waals surface area contributed by atoms with Crippen molar-refractivity contribution in [1.29, 1.82) is 0 Å². The van der Waals surface area contributed by atoms with E-state index in [0.717, 1.165) is 55.6 Å². The molecule has 0 saturated heterocycles. The molecule has 10 aromatic rings. The SMILES string of the molecule is CC1(C)c2ccccc2-c2cccc(-c3nc(-n4c5ccccc5c5ccc6c(ccn6-c6ccccc6)c54)nc4c3ccn4-c3ccccc3)c21. The minimum Gasteiger partial charge on any atom is -0.316 e. The Balaban J connectivity index is 1.26. The molecule has 5 heteroatoms. The number of rotatable bonds is 4. The van der Waals surface area contributed by atoms with Crippen molar-refractivity contribution in [3.63, 3.8) is 0 Å². The minimum atomic E-state index is -0.207. The lowest BCUT2D eigenvalue weighted by atomic mass is 9.79. The van der Waals surface area contributed by atoms with E-state index in [0.29, 0.717) is 5.95 Å². The van der Waals surface area contributed by atoms with Gasteiger partial charge in [0.25, 0.3) is 0 Å². The molecule has 0 spiro atoms. The van der Waals surface area contributed by atoms with E-state index in [1.165, 1.54) is 33.0 Å². The maximum Gasteiger partial charge on any atom is 0.237 e. The van der Waals surface area contributed by atoms with Gasteiger partial charge in [-0.15, -0.1) is 0 Å². The van der Waals surface area contributed by atoms with E-state index in [1.54, 1.807) is 0 Å². The third kappa shape index (κ3) is 3.93. The van der Waals surface area contributed by atoms with Gasteiger partial charge in [0.2, 0.25) is 5.95 Å². The molecule has 0 amide bonds. The van der Waals surface area contributed by atoms with Gasteiger partial charge in [0.05, 0.1) is 22.2 Å². The minimum absolute atomic E-state index is 0.207. The average Bonchev–Trinajstić information content (AvgIpc) is 3.96. The summed E-state index contributed by atoms with van der Waals surface area (Å²) in [4.78, 5) is 11.1. The summed E-state index contributed by atoms with van der Waals surface area (Å²) >= 11 is 0. The van der Waals surface area contributed by atoms with Crippen LogP contribution in [-0.2, 0) is 5.41 Å². The van der Waals surface area contributed by atoms with Crippen LogP contribution in [0.4, 0.5) is 0 Å². The number of hydrogen-bond acceptors (Lipinski definition) is 2. The lowest BCUT2D eigenvalue weighted by Crippen LogP contribution is -2.16. The summed E-state index contributed by atoms with van der Waals surface area (Å²) in [5.74, 6) is 0.649. The summed E-state index contributed by atoms with van der Waals surface area (Å²) < 4.78 is 6.75. The van der Waals surface area contributed by atoms with Crippen molar-refractivity contribution in [2.45, 2.75) is 19.3 Å². The highest BCUT2D eigenvalue weighted by molar-refractivity contribution is 6.18. The van der Waals surface area contributed by atoms with Crippen molar-refractivity contribution in [1.82, 2.24) is 23.7 Å². The van der Waals surface area contributed by atoms with Crippen LogP contribution in [0, 0.1) is 0 Å². The summed E-state index contributed by atoms with van der Waals surface area (Å²) in [5.41, 5.74) is 13.5. The van der Waals surface area contributed by atoms with Crippen LogP contribution in [0.1, 0.15) is 25.0 Å². The maximum absolute atomic E-state index is 5.63. The second-order valence-electron chi connectivity index (χ2n) is 14.3. The van der Waals surface area contributed by atoms with Crippen molar-refractivity contribution in [2.24, 2.45) is 0 Å². The quantitative estimate of drug-likeness (QED) is 0.187. The fourth-order valence-electron chi connectivity index (χ4n) is 8.85. The molecule has 5 nitrogen and oxygen atoms in total. The van der Waals surface area contributed by atoms with E-state index in [2.05, 4.69) is 192 Å². The van der Waals surface area contributed by atoms with Crippen LogP contribution in [0.3, 0.4) is 0 Å². The van der Waals surface area contributed by atoms with E-state index in [4.69, 9.17) is 9.97 Å². The Bertz CT molecular complexity index is 3030. The van der Waals surface area contributed by atoms with Gasteiger partial charge in [0, 0.05) is 56.3 Å². The smallest absolute Gasteiger partial charge is 0.237 e. The van der Waals surface area contributed by atoms with Crippen molar-refractivity contribution in [3.05, 3.63) is 175 Å². The normalized spacial score (nSPS) is 13.3. The molecule has 0 radical (unpaired) electrons. The monoisotopic (exact) mass is 667 g/mol. The molecule has 0 fully saturated rings. The third-order valence-electron chi connectivity index (χ3n) is 11.1. The maximum atomic E-state index is 5.63. The summed E-state index contributed by atoms with van der Waals surface area (Å²) in [6, 6.07) is 54.1. The summed E-state index contributed by atoms with van der Waals surface area (Å²) in [6.45, 7) is 4.69. The number of fused-ring (bicyclic) bond motifs is 9. The Morgan fingerprint density at radius 3 is 1.94 bits per heavy atom. The molecule has 0 saturated carbocycles. The molecule has 0 N–H and O–H groups in total. The zero-order chi connectivity index (χ0) is 34.6. The lowest BCUT2D eigenvalue weighted by molar-refractivity contribution is 0.662. The zero-order valence-corrected chi connectivity index (χ0v) is 28.8. The van der Waals surface area contributed by atoms with Gasteiger partial charge >= 0.3 is 0 Å². The van der Waals surface area contributed by atoms with E-state index < -0.39 is 0 Å². The second-order valence-corrected chi connectivity index (χ2v) is 14.3. The van der Waals surface area contributed by atoms with Gasteiger partial charge in [-0.05, 0) is 70.8 Å². The van der Waals surface area contributed by atoms with Crippen LogP contribution >= 0.6 is 0 Å². The largest absolute Gasteiger partial charge is 0.316 e. The van der Waals surface area contributed by atoms with Gasteiger partial charge in [0.1, 0.15) is 0 Å². The number of benzene rings is 6. The van der Waals surface area contributed by atoms with Crippen LogP contribution in [-0.4, -0.2) is 23.7 Å². The summed E-state index contributed by atoms with van der Waals surface area (Å²) in [6.07, 6.45) is 4.31. The van der Waals surface area contributed by atoms with Gasteiger partial charge in [0.15, 0.2) is 5.65 Å². The van der Waals surface area contributed by atoms with Crippen molar-refractivity contribution in [3.8, 4) is 39.7 Å². The lowest BCUT2D eigenvalue weighted by Gasteiger charge is -2.24. The zero-order valence-electron chi connectivity index (χ0n) is 28.8. The predicted molar refractivity (Wildman–Crippen MR) is 213 cm³/mol. The Morgan fingerprint density at radius 1 is 0.462 bits per heavy atom. The van der Waals surface area contributed by atoms with Crippen LogP contribution in [0.15, 0.2) is 164 Å². The first-order valence-electron chi connectivity index (χ1n) is 17.9. The molecule has 0 aliphatic heterocycles. The molecule has 4 aromatic heterocycles. The van der Waals surface area contributed by atoms with E-state index >= 15 is 0 Å². The predicted octanol–water partition coefficient (Wildman–Crippen LogP) is 11.4. The average molecular weight is 668 g/mol. The van der Waals surface area contributed by atoms with Crippen LogP contribution in [0.2, 0.25) is 0 Å². The Labute approximate surface area is 300 Å². The third-order valence-corrected chi connectivity index (χ3v) is 11.1. The first-order valence-corrected chi connectivity index (χ1v) is 17.9. The van der Waals surface area contributed by atoms with Crippen LogP contribution < -0.4 is 0 Å². The van der Waals surface area contributed by atoms with Gasteiger partial charge in [-0.25, -0.2) is 4.98 Å². The second kappa shape index (κ2) is 10.6. The number of nitrogens with zero attached hydrogens (tertiary/aromatic N) is 5. The van der Waals surface area contributed by atoms with Crippen LogP contribution in [0.5, 0.6) is 0 Å². The van der Waals surface area contributed by atoms with Gasteiger partial charge in [-0.1, -0.05) is 117 Å². The van der Waals surface area contributed by atoms with E-state index in [9.17, 15) is 0 Å². The van der Waals surface area contributed by atoms with E-state index in [-0.39, 0.29) is 5.41 Å². The number of hydrogen-bond donors (Lipinski definition) is 0. The molecule has 1 aliphatic carbocycles.